The molecule has 0 heterocycles. The lowest BCUT2D eigenvalue weighted by atomic mass is 10.3. The Balaban J connectivity index is 3.36. The van der Waals surface area contributed by atoms with Crippen LogP contribution in [-0.4, -0.2) is 15.5 Å². The zero-order chi connectivity index (χ0) is 10.1. The van der Waals surface area contributed by atoms with Crippen molar-refractivity contribution < 1.29 is 13.2 Å². The van der Waals surface area contributed by atoms with Gasteiger partial charge in [-0.15, -0.1) is 0 Å². The van der Waals surface area contributed by atoms with E-state index in [1.807, 2.05) is 0 Å². The van der Waals surface area contributed by atoms with Crippen LogP contribution in [0.3, 0.4) is 0 Å². The number of hydrogen-bond donors (Lipinski definition) is 1. The third-order valence-electron chi connectivity index (χ3n) is 1.48. The molecule has 0 fully saturated rings. The summed E-state index contributed by atoms with van der Waals surface area (Å²) in [5, 5.41) is 0. The zero-order valence-electron chi connectivity index (χ0n) is 6.82. The van der Waals surface area contributed by atoms with Crippen LogP contribution in [0.5, 0.6) is 5.75 Å². The highest BCUT2D eigenvalue weighted by Gasteiger charge is 2.14. The number of nitrogens with two attached hydrogens (primary N) is 1. The van der Waals surface area contributed by atoms with Gasteiger partial charge in [0.25, 0.3) is 9.05 Å². The lowest BCUT2D eigenvalue weighted by molar-refractivity contribution is 0.413. The second-order valence-electron chi connectivity index (χ2n) is 2.34. The van der Waals surface area contributed by atoms with E-state index in [-0.39, 0.29) is 10.6 Å². The SMILES string of the molecule is COc1ccc(N)c(S(=O)(=O)Cl)c1. The first-order valence-corrected chi connectivity index (χ1v) is 5.64. The minimum atomic E-state index is -3.80. The average Bonchev–Trinajstić information content (AvgIpc) is 2.03. The van der Waals surface area contributed by atoms with Crippen LogP contribution in [0.1, 0.15) is 0 Å². The van der Waals surface area contributed by atoms with Crippen molar-refractivity contribution in [1.82, 2.24) is 0 Å². The van der Waals surface area contributed by atoms with Crippen molar-refractivity contribution in [3.63, 3.8) is 0 Å². The van der Waals surface area contributed by atoms with Gasteiger partial charge in [0.1, 0.15) is 10.6 Å². The van der Waals surface area contributed by atoms with Crippen LogP contribution in [0.15, 0.2) is 23.1 Å². The maximum atomic E-state index is 11.0. The van der Waals surface area contributed by atoms with E-state index in [0.29, 0.717) is 5.75 Å². The van der Waals surface area contributed by atoms with Gasteiger partial charge in [0.15, 0.2) is 0 Å². The molecule has 0 aliphatic carbocycles. The summed E-state index contributed by atoms with van der Waals surface area (Å²) in [4.78, 5) is -0.131. The lowest BCUT2D eigenvalue weighted by Gasteiger charge is -2.04. The van der Waals surface area contributed by atoms with Crippen molar-refractivity contribution in [2.24, 2.45) is 0 Å². The number of halogens is 1. The monoisotopic (exact) mass is 221 g/mol. The molecule has 0 atom stereocenters. The van der Waals surface area contributed by atoms with E-state index < -0.39 is 9.05 Å². The molecule has 2 N–H and O–H groups in total. The van der Waals surface area contributed by atoms with Crippen LogP contribution in [0.2, 0.25) is 0 Å². The van der Waals surface area contributed by atoms with Crippen LogP contribution < -0.4 is 10.5 Å². The maximum absolute atomic E-state index is 11.0. The van der Waals surface area contributed by atoms with Gasteiger partial charge in [0, 0.05) is 16.7 Å². The summed E-state index contributed by atoms with van der Waals surface area (Å²) >= 11 is 0. The molecule has 4 nitrogen and oxygen atoms in total. The predicted molar refractivity (Wildman–Crippen MR) is 50.4 cm³/mol. The maximum Gasteiger partial charge on any atom is 0.263 e. The van der Waals surface area contributed by atoms with E-state index in [0.717, 1.165) is 0 Å². The summed E-state index contributed by atoms with van der Waals surface area (Å²) in [7, 11) is 2.76. The van der Waals surface area contributed by atoms with Crippen LogP contribution in [-0.2, 0) is 9.05 Å². The third kappa shape index (κ3) is 2.26. The second kappa shape index (κ2) is 3.43. The summed E-state index contributed by atoms with van der Waals surface area (Å²) in [6.07, 6.45) is 0. The van der Waals surface area contributed by atoms with Crippen molar-refractivity contribution in [3.8, 4) is 5.75 Å². The smallest absolute Gasteiger partial charge is 0.263 e. The molecule has 13 heavy (non-hydrogen) atoms. The van der Waals surface area contributed by atoms with Gasteiger partial charge in [0.05, 0.1) is 12.8 Å². The molecule has 1 aromatic carbocycles. The van der Waals surface area contributed by atoms with Gasteiger partial charge in [0.2, 0.25) is 0 Å². The number of anilines is 1. The van der Waals surface area contributed by atoms with E-state index in [9.17, 15) is 8.42 Å². The van der Waals surface area contributed by atoms with Gasteiger partial charge in [-0.05, 0) is 12.1 Å². The molecule has 0 aliphatic heterocycles. The average molecular weight is 222 g/mol. The Morgan fingerprint density at radius 1 is 1.46 bits per heavy atom. The largest absolute Gasteiger partial charge is 0.497 e. The number of benzene rings is 1. The fraction of sp³-hybridized carbons (Fsp3) is 0.143. The number of rotatable bonds is 2. The van der Waals surface area contributed by atoms with Gasteiger partial charge >= 0.3 is 0 Å². The Bertz CT molecular complexity index is 416. The van der Waals surface area contributed by atoms with E-state index >= 15 is 0 Å². The van der Waals surface area contributed by atoms with Gasteiger partial charge in [-0.3, -0.25) is 0 Å². The summed E-state index contributed by atoms with van der Waals surface area (Å²) in [6, 6.07) is 4.26. The first kappa shape index (κ1) is 10.1. The topological polar surface area (TPSA) is 69.4 Å². The first-order chi connectivity index (χ1) is 5.95. The Hall–Kier alpha value is -0.940. The molecule has 0 spiro atoms. The number of hydrogen-bond acceptors (Lipinski definition) is 4. The highest BCUT2D eigenvalue weighted by atomic mass is 35.7. The van der Waals surface area contributed by atoms with Crippen molar-refractivity contribution in [1.29, 1.82) is 0 Å². The second-order valence-corrected chi connectivity index (χ2v) is 4.88. The molecule has 0 amide bonds. The molecule has 6 heteroatoms. The summed E-state index contributed by atoms with van der Waals surface area (Å²) < 4.78 is 26.7. The van der Waals surface area contributed by atoms with E-state index in [1.165, 1.54) is 19.2 Å². The van der Waals surface area contributed by atoms with E-state index in [4.69, 9.17) is 21.2 Å². The predicted octanol–water partition coefficient (Wildman–Crippen LogP) is 1.20. The molecular formula is C7H8ClNO3S. The molecule has 0 radical (unpaired) electrons. The standard InChI is InChI=1S/C7H8ClNO3S/c1-12-5-2-3-6(9)7(4-5)13(8,10)11/h2-4H,9H2,1H3. The third-order valence-corrected chi connectivity index (χ3v) is 2.86. The Morgan fingerprint density at radius 3 is 2.54 bits per heavy atom. The summed E-state index contributed by atoms with van der Waals surface area (Å²) in [6.45, 7) is 0. The van der Waals surface area contributed by atoms with Crippen molar-refractivity contribution in [2.75, 3.05) is 12.8 Å². The van der Waals surface area contributed by atoms with E-state index in [2.05, 4.69) is 0 Å². The normalized spacial score (nSPS) is 11.2. The molecule has 0 bridgehead atoms. The number of nitrogen functional groups attached to an aromatic ring is 1. The molecule has 72 valence electrons. The molecule has 0 saturated carbocycles. The van der Waals surface area contributed by atoms with E-state index in [1.54, 1.807) is 6.07 Å². The van der Waals surface area contributed by atoms with Crippen LogP contribution in [0.25, 0.3) is 0 Å². The fourth-order valence-electron chi connectivity index (χ4n) is 0.853. The van der Waals surface area contributed by atoms with Crippen molar-refractivity contribution >= 4 is 25.4 Å². The highest BCUT2D eigenvalue weighted by molar-refractivity contribution is 8.13. The lowest BCUT2D eigenvalue weighted by Crippen LogP contribution is -1.98. The van der Waals surface area contributed by atoms with Gasteiger partial charge in [-0.25, -0.2) is 8.42 Å². The molecule has 0 saturated heterocycles. The van der Waals surface area contributed by atoms with Crippen LogP contribution >= 0.6 is 10.7 Å². The molecule has 1 rings (SSSR count). The van der Waals surface area contributed by atoms with Crippen molar-refractivity contribution in [2.45, 2.75) is 4.90 Å². The summed E-state index contributed by atoms with van der Waals surface area (Å²) in [5.74, 6) is 0.397. The number of methoxy groups -OCH3 is 1. The molecule has 0 unspecified atom stereocenters. The van der Waals surface area contributed by atoms with Gasteiger partial charge in [-0.1, -0.05) is 0 Å². The Kier molecular flexibility index (Phi) is 2.68. The van der Waals surface area contributed by atoms with Crippen LogP contribution in [0.4, 0.5) is 5.69 Å². The molecule has 1 aromatic rings. The van der Waals surface area contributed by atoms with Gasteiger partial charge in [-0.2, -0.15) is 0 Å². The Morgan fingerprint density at radius 2 is 2.08 bits per heavy atom. The molecule has 0 aliphatic rings. The summed E-state index contributed by atoms with van der Waals surface area (Å²) in [5.41, 5.74) is 5.52. The Labute approximate surface area is 80.7 Å². The highest BCUT2D eigenvalue weighted by Crippen LogP contribution is 2.26. The molecular weight excluding hydrogens is 214 g/mol. The fourth-order valence-corrected chi connectivity index (χ4v) is 1.86. The minimum Gasteiger partial charge on any atom is -0.497 e. The number of ether oxygens (including phenoxy) is 1. The minimum absolute atomic E-state index is 0.107. The first-order valence-electron chi connectivity index (χ1n) is 3.33. The molecule has 0 aromatic heterocycles. The van der Waals surface area contributed by atoms with Gasteiger partial charge < -0.3 is 10.5 Å². The van der Waals surface area contributed by atoms with Crippen LogP contribution in [0, 0.1) is 0 Å². The quantitative estimate of drug-likeness (QED) is 0.602. The zero-order valence-corrected chi connectivity index (χ0v) is 8.39. The van der Waals surface area contributed by atoms with Crippen molar-refractivity contribution in [3.05, 3.63) is 18.2 Å².